The first kappa shape index (κ1) is 22.4. The van der Waals surface area contributed by atoms with Gasteiger partial charge >= 0.3 is 0 Å². The molecule has 2 aromatic rings. The number of hydrogen-bond acceptors (Lipinski definition) is 2. The molecule has 26 heavy (non-hydrogen) atoms. The molecule has 0 fully saturated rings. The molecule has 0 aliphatic rings. The molecule has 0 spiro atoms. The number of benzene rings is 1. The van der Waals surface area contributed by atoms with Crippen LogP contribution in [0.25, 0.3) is 0 Å². The number of nitrogens with one attached hydrogen (secondary N) is 2. The van der Waals surface area contributed by atoms with Crippen molar-refractivity contribution in [2.24, 2.45) is 4.99 Å². The van der Waals surface area contributed by atoms with Gasteiger partial charge in [-0.15, -0.1) is 24.0 Å². The number of rotatable bonds is 8. The van der Waals surface area contributed by atoms with E-state index in [9.17, 15) is 0 Å². The standard InChI is InChI=1S/C21H30N4.HI/c1-4-22-21(23-15-14-20-13-10-17(2)24-16-20)25-18(3)11-12-19-8-6-5-7-9-19;/h5-10,13,16,18H,4,11-12,14-15H2,1-3H3,(H2,22,23,25);1H. The van der Waals surface area contributed by atoms with E-state index in [1.807, 2.05) is 19.2 Å². The van der Waals surface area contributed by atoms with Crippen LogP contribution in [0.5, 0.6) is 0 Å². The normalized spacial score (nSPS) is 12.2. The average Bonchev–Trinajstić information content (AvgIpc) is 2.63. The minimum Gasteiger partial charge on any atom is -0.357 e. The number of halogens is 1. The zero-order valence-electron chi connectivity index (χ0n) is 16.0. The molecule has 0 saturated carbocycles. The Balaban J connectivity index is 0.00000338. The third-order valence-electron chi connectivity index (χ3n) is 4.08. The van der Waals surface area contributed by atoms with Gasteiger partial charge in [0.15, 0.2) is 5.96 Å². The SMILES string of the molecule is CCNC(=NCCc1ccc(C)nc1)NC(C)CCc1ccccc1.I. The fourth-order valence-corrected chi connectivity index (χ4v) is 2.60. The second-order valence-electron chi connectivity index (χ2n) is 6.39. The van der Waals surface area contributed by atoms with Crippen LogP contribution in [-0.4, -0.2) is 30.1 Å². The van der Waals surface area contributed by atoms with E-state index in [0.29, 0.717) is 6.04 Å². The van der Waals surface area contributed by atoms with Gasteiger partial charge < -0.3 is 10.6 Å². The van der Waals surface area contributed by atoms with Crippen molar-refractivity contribution in [3.8, 4) is 0 Å². The van der Waals surface area contributed by atoms with Gasteiger partial charge in [-0.25, -0.2) is 0 Å². The molecule has 1 atom stereocenters. The molecular weight excluding hydrogens is 435 g/mol. The number of guanidine groups is 1. The first-order valence-electron chi connectivity index (χ1n) is 9.17. The van der Waals surface area contributed by atoms with Crippen LogP contribution in [0.1, 0.15) is 37.1 Å². The van der Waals surface area contributed by atoms with Crippen LogP contribution in [0.4, 0.5) is 0 Å². The third kappa shape index (κ3) is 8.65. The molecule has 2 N–H and O–H groups in total. The van der Waals surface area contributed by atoms with Crippen LogP contribution in [0.3, 0.4) is 0 Å². The van der Waals surface area contributed by atoms with Gasteiger partial charge in [-0.05, 0) is 57.2 Å². The van der Waals surface area contributed by atoms with Crippen molar-refractivity contribution in [3.63, 3.8) is 0 Å². The zero-order valence-corrected chi connectivity index (χ0v) is 18.4. The fourth-order valence-electron chi connectivity index (χ4n) is 2.60. The molecule has 142 valence electrons. The molecule has 1 aromatic carbocycles. The van der Waals surface area contributed by atoms with Crippen molar-refractivity contribution in [2.45, 2.75) is 46.1 Å². The zero-order chi connectivity index (χ0) is 17.9. The Morgan fingerprint density at radius 3 is 2.50 bits per heavy atom. The van der Waals surface area contributed by atoms with Gasteiger partial charge in [0.05, 0.1) is 0 Å². The van der Waals surface area contributed by atoms with Gasteiger partial charge in [0.2, 0.25) is 0 Å². The summed E-state index contributed by atoms with van der Waals surface area (Å²) >= 11 is 0. The van der Waals surface area contributed by atoms with Crippen molar-refractivity contribution in [2.75, 3.05) is 13.1 Å². The van der Waals surface area contributed by atoms with Gasteiger partial charge in [-0.2, -0.15) is 0 Å². The van der Waals surface area contributed by atoms with Crippen molar-refractivity contribution >= 4 is 29.9 Å². The Hall–Kier alpha value is -1.63. The summed E-state index contributed by atoms with van der Waals surface area (Å²) in [5, 5.41) is 6.84. The monoisotopic (exact) mass is 466 g/mol. The predicted molar refractivity (Wildman–Crippen MR) is 121 cm³/mol. The molecule has 0 bridgehead atoms. The van der Waals surface area contributed by atoms with Gasteiger partial charge in [0, 0.05) is 31.0 Å². The van der Waals surface area contributed by atoms with E-state index in [0.717, 1.165) is 44.0 Å². The van der Waals surface area contributed by atoms with E-state index in [4.69, 9.17) is 4.99 Å². The molecule has 4 nitrogen and oxygen atoms in total. The van der Waals surface area contributed by atoms with Crippen LogP contribution >= 0.6 is 24.0 Å². The highest BCUT2D eigenvalue weighted by molar-refractivity contribution is 14.0. The first-order valence-corrected chi connectivity index (χ1v) is 9.17. The smallest absolute Gasteiger partial charge is 0.191 e. The molecule has 1 aromatic heterocycles. The summed E-state index contributed by atoms with van der Waals surface area (Å²) < 4.78 is 0. The Kier molecular flexibility index (Phi) is 10.9. The van der Waals surface area contributed by atoms with Crippen LogP contribution in [-0.2, 0) is 12.8 Å². The summed E-state index contributed by atoms with van der Waals surface area (Å²) in [6.45, 7) is 7.93. The quantitative estimate of drug-likeness (QED) is 0.350. The number of hydrogen-bond donors (Lipinski definition) is 2. The number of aliphatic imine (C=N–C) groups is 1. The average molecular weight is 466 g/mol. The summed E-state index contributed by atoms with van der Waals surface area (Å²) in [6.07, 6.45) is 5.00. The maximum absolute atomic E-state index is 4.69. The van der Waals surface area contributed by atoms with Crippen LogP contribution < -0.4 is 10.6 Å². The minimum atomic E-state index is 0. The van der Waals surface area contributed by atoms with Crippen LogP contribution in [0.15, 0.2) is 53.7 Å². The van der Waals surface area contributed by atoms with Crippen LogP contribution in [0, 0.1) is 6.92 Å². The lowest BCUT2D eigenvalue weighted by atomic mass is 10.1. The number of pyridine rings is 1. The third-order valence-corrected chi connectivity index (χ3v) is 4.08. The second kappa shape index (κ2) is 12.7. The molecule has 1 heterocycles. The minimum absolute atomic E-state index is 0. The summed E-state index contributed by atoms with van der Waals surface area (Å²) in [4.78, 5) is 9.03. The molecule has 0 aliphatic carbocycles. The summed E-state index contributed by atoms with van der Waals surface area (Å²) in [5.74, 6) is 0.892. The van der Waals surface area contributed by atoms with E-state index < -0.39 is 0 Å². The molecule has 0 saturated heterocycles. The van der Waals surface area contributed by atoms with Crippen molar-refractivity contribution in [1.29, 1.82) is 0 Å². The maximum Gasteiger partial charge on any atom is 0.191 e. The van der Waals surface area contributed by atoms with Crippen molar-refractivity contribution < 1.29 is 0 Å². The van der Waals surface area contributed by atoms with Gasteiger partial charge in [-0.1, -0.05) is 36.4 Å². The number of nitrogens with zero attached hydrogens (tertiary/aromatic N) is 2. The van der Waals surface area contributed by atoms with Crippen LogP contribution in [0.2, 0.25) is 0 Å². The van der Waals surface area contributed by atoms with E-state index in [1.165, 1.54) is 11.1 Å². The van der Waals surface area contributed by atoms with E-state index >= 15 is 0 Å². The second-order valence-corrected chi connectivity index (χ2v) is 6.39. The molecule has 0 radical (unpaired) electrons. The summed E-state index contributed by atoms with van der Waals surface area (Å²) in [7, 11) is 0. The largest absolute Gasteiger partial charge is 0.357 e. The number of aromatic nitrogens is 1. The highest BCUT2D eigenvalue weighted by atomic mass is 127. The molecule has 5 heteroatoms. The van der Waals surface area contributed by atoms with E-state index in [1.54, 1.807) is 0 Å². The molecular formula is C21H31IN4. The van der Waals surface area contributed by atoms with Crippen molar-refractivity contribution in [1.82, 2.24) is 15.6 Å². The predicted octanol–water partition coefficient (Wildman–Crippen LogP) is 4.13. The van der Waals surface area contributed by atoms with E-state index in [-0.39, 0.29) is 24.0 Å². The Bertz CT molecular complexity index is 641. The Labute approximate surface area is 174 Å². The molecule has 2 rings (SSSR count). The summed E-state index contributed by atoms with van der Waals surface area (Å²) in [6, 6.07) is 15.2. The topological polar surface area (TPSA) is 49.3 Å². The number of aryl methyl sites for hydroxylation is 2. The molecule has 0 aliphatic heterocycles. The first-order chi connectivity index (χ1) is 12.2. The van der Waals surface area contributed by atoms with Gasteiger partial charge in [-0.3, -0.25) is 9.98 Å². The maximum atomic E-state index is 4.69. The van der Waals surface area contributed by atoms with Crippen molar-refractivity contribution in [3.05, 3.63) is 65.5 Å². The molecule has 1 unspecified atom stereocenters. The van der Waals surface area contributed by atoms with Gasteiger partial charge in [0.25, 0.3) is 0 Å². The lowest BCUT2D eigenvalue weighted by Gasteiger charge is -2.18. The lowest BCUT2D eigenvalue weighted by molar-refractivity contribution is 0.593. The lowest BCUT2D eigenvalue weighted by Crippen LogP contribution is -2.42. The van der Waals surface area contributed by atoms with E-state index in [2.05, 4.69) is 65.9 Å². The fraction of sp³-hybridized carbons (Fsp3) is 0.429. The van der Waals surface area contributed by atoms with Gasteiger partial charge in [0.1, 0.15) is 0 Å². The highest BCUT2D eigenvalue weighted by Crippen LogP contribution is 2.05. The highest BCUT2D eigenvalue weighted by Gasteiger charge is 2.05. The Morgan fingerprint density at radius 1 is 1.08 bits per heavy atom. The summed E-state index contributed by atoms with van der Waals surface area (Å²) in [5.41, 5.74) is 3.65. The Morgan fingerprint density at radius 2 is 1.85 bits per heavy atom. The molecule has 0 amide bonds.